The first-order valence-electron chi connectivity index (χ1n) is 10.0. The van der Waals surface area contributed by atoms with E-state index in [0.717, 1.165) is 25.7 Å². The number of rotatable bonds is 3. The fourth-order valence-corrected chi connectivity index (χ4v) is 7.17. The normalized spacial score (nSPS) is 42.7. The minimum Gasteiger partial charge on any atom is -0.469 e. The van der Waals surface area contributed by atoms with Crippen LogP contribution in [0.4, 0.5) is 0 Å². The molecular formula is C21H36O4Si. The number of ketones is 1. The van der Waals surface area contributed by atoms with Gasteiger partial charge in [-0.25, -0.2) is 0 Å². The van der Waals surface area contributed by atoms with E-state index < -0.39 is 19.3 Å². The fraction of sp³-hybridized carbons (Fsp3) is 0.905. The third kappa shape index (κ3) is 2.56. The van der Waals surface area contributed by atoms with E-state index in [-0.39, 0.29) is 34.0 Å². The Labute approximate surface area is 159 Å². The number of hydrogen-bond donors (Lipinski definition) is 0. The van der Waals surface area contributed by atoms with Crippen molar-refractivity contribution in [2.75, 3.05) is 7.11 Å². The van der Waals surface area contributed by atoms with Crippen LogP contribution in [-0.2, 0) is 18.8 Å². The first kappa shape index (κ1) is 20.1. The van der Waals surface area contributed by atoms with E-state index >= 15 is 0 Å². The average Bonchev–Trinajstić information content (AvgIpc) is 2.85. The maximum atomic E-state index is 13.7. The molecule has 4 nitrogen and oxygen atoms in total. The highest BCUT2D eigenvalue weighted by Crippen LogP contribution is 2.67. The molecule has 0 aromatic heterocycles. The molecule has 0 spiro atoms. The molecule has 26 heavy (non-hydrogen) atoms. The number of hydrogen-bond acceptors (Lipinski definition) is 4. The number of Topliss-reactive ketones (excluding diaryl/α,β-unsaturated/α-hetero) is 1. The van der Waals surface area contributed by atoms with Crippen molar-refractivity contribution >= 4 is 20.1 Å². The van der Waals surface area contributed by atoms with Gasteiger partial charge in [0.1, 0.15) is 5.60 Å². The highest BCUT2D eigenvalue weighted by molar-refractivity contribution is 6.74. The van der Waals surface area contributed by atoms with Gasteiger partial charge in [-0.3, -0.25) is 9.59 Å². The highest BCUT2D eigenvalue weighted by atomic mass is 28.4. The van der Waals surface area contributed by atoms with E-state index in [1.54, 1.807) is 0 Å². The molecule has 0 aliphatic heterocycles. The minimum atomic E-state index is -2.06. The van der Waals surface area contributed by atoms with Crippen molar-refractivity contribution < 1.29 is 18.8 Å². The molecule has 0 unspecified atom stereocenters. The lowest BCUT2D eigenvalue weighted by molar-refractivity contribution is -0.196. The summed E-state index contributed by atoms with van der Waals surface area (Å²) in [5.74, 6) is 0.335. The fourth-order valence-electron chi connectivity index (χ4n) is 5.55. The summed E-state index contributed by atoms with van der Waals surface area (Å²) in [4.78, 5) is 26.1. The van der Waals surface area contributed by atoms with Crippen LogP contribution in [0.3, 0.4) is 0 Å². The summed E-state index contributed by atoms with van der Waals surface area (Å²) in [7, 11) is -0.616. The van der Waals surface area contributed by atoms with E-state index in [0.29, 0.717) is 6.42 Å². The maximum absolute atomic E-state index is 13.7. The number of ether oxygens (including phenoxy) is 1. The lowest BCUT2D eigenvalue weighted by atomic mass is 9.47. The van der Waals surface area contributed by atoms with E-state index in [4.69, 9.17) is 9.16 Å². The van der Waals surface area contributed by atoms with Crippen LogP contribution >= 0.6 is 0 Å². The average molecular weight is 381 g/mol. The molecule has 3 fully saturated rings. The molecule has 0 amide bonds. The van der Waals surface area contributed by atoms with Crippen LogP contribution in [0.25, 0.3) is 0 Å². The Hall–Kier alpha value is -0.683. The van der Waals surface area contributed by atoms with E-state index in [1.807, 2.05) is 6.92 Å². The molecule has 0 radical (unpaired) electrons. The Bertz CT molecular complexity index is 636. The Morgan fingerprint density at radius 1 is 1.12 bits per heavy atom. The van der Waals surface area contributed by atoms with Crippen molar-refractivity contribution in [1.82, 2.24) is 0 Å². The Balaban J connectivity index is 1.93. The second-order valence-corrected chi connectivity index (χ2v) is 15.9. The van der Waals surface area contributed by atoms with Gasteiger partial charge in [0.25, 0.3) is 0 Å². The summed E-state index contributed by atoms with van der Waals surface area (Å²) in [5, 5.41) is 0.0750. The number of carbonyl (C=O) groups excluding carboxylic acids is 2. The molecule has 0 N–H and O–H groups in total. The zero-order valence-corrected chi connectivity index (χ0v) is 18.8. The number of fused-ring (bicyclic) bond motifs is 2. The van der Waals surface area contributed by atoms with Crippen molar-refractivity contribution in [3.8, 4) is 0 Å². The molecule has 0 bridgehead atoms. The second-order valence-electron chi connectivity index (χ2n) is 11.1. The molecule has 0 aromatic rings. The summed E-state index contributed by atoms with van der Waals surface area (Å²) in [6.07, 6.45) is 4.26. The van der Waals surface area contributed by atoms with Gasteiger partial charge < -0.3 is 9.16 Å². The van der Waals surface area contributed by atoms with Crippen LogP contribution in [0.2, 0.25) is 18.1 Å². The molecule has 3 saturated carbocycles. The van der Waals surface area contributed by atoms with E-state index in [1.165, 1.54) is 7.11 Å². The van der Waals surface area contributed by atoms with E-state index in [9.17, 15) is 9.59 Å². The van der Waals surface area contributed by atoms with Gasteiger partial charge >= 0.3 is 5.97 Å². The zero-order chi connectivity index (χ0) is 19.8. The molecule has 0 heterocycles. The molecule has 5 heteroatoms. The predicted octanol–water partition coefficient (Wildman–Crippen LogP) is 4.73. The van der Waals surface area contributed by atoms with Crippen molar-refractivity contribution in [3.05, 3.63) is 0 Å². The number of methoxy groups -OCH3 is 1. The molecule has 3 rings (SSSR count). The van der Waals surface area contributed by atoms with Gasteiger partial charge in [0.2, 0.25) is 0 Å². The van der Waals surface area contributed by atoms with Crippen LogP contribution in [0.1, 0.15) is 66.7 Å². The summed E-state index contributed by atoms with van der Waals surface area (Å²) >= 11 is 0. The van der Waals surface area contributed by atoms with Crippen LogP contribution in [0.5, 0.6) is 0 Å². The second kappa shape index (κ2) is 5.66. The van der Waals surface area contributed by atoms with Gasteiger partial charge in [0.15, 0.2) is 14.1 Å². The SMILES string of the molecule is COC(=O)[C@@]1(C)C[C@H]2C[C@]3(C)CC[C@]3(O[Si](C)(C)C(C)(C)C)C(=O)[C@H]2C1. The standard InChI is InChI=1S/C21H36O4Si/c1-18(2,3)26(7,8)25-21-10-9-20(21,5)12-14-11-19(4,17(23)24-6)13-15(14)16(21)22/h14-15H,9-13H2,1-8H3/t14-,15-,19-,20-,21-/m0/s1. The van der Waals surface area contributed by atoms with Crippen molar-refractivity contribution in [2.24, 2.45) is 22.7 Å². The van der Waals surface area contributed by atoms with Gasteiger partial charge in [-0.2, -0.15) is 0 Å². The third-order valence-electron chi connectivity index (χ3n) is 8.32. The molecular weight excluding hydrogens is 344 g/mol. The monoisotopic (exact) mass is 380 g/mol. The smallest absolute Gasteiger partial charge is 0.311 e. The highest BCUT2D eigenvalue weighted by Gasteiger charge is 2.71. The number of carbonyl (C=O) groups is 2. The molecule has 5 atom stereocenters. The summed E-state index contributed by atoms with van der Waals surface area (Å²) in [6, 6.07) is 0. The lowest BCUT2D eigenvalue weighted by Gasteiger charge is -2.64. The predicted molar refractivity (Wildman–Crippen MR) is 104 cm³/mol. The zero-order valence-electron chi connectivity index (χ0n) is 17.8. The van der Waals surface area contributed by atoms with Gasteiger partial charge in [-0.1, -0.05) is 27.7 Å². The first-order chi connectivity index (χ1) is 11.7. The van der Waals surface area contributed by atoms with Gasteiger partial charge in [-0.05, 0) is 63.1 Å². The largest absolute Gasteiger partial charge is 0.469 e. The Kier molecular flexibility index (Phi) is 4.37. The van der Waals surface area contributed by atoms with Crippen LogP contribution in [0.15, 0.2) is 0 Å². The van der Waals surface area contributed by atoms with E-state index in [2.05, 4.69) is 40.8 Å². The van der Waals surface area contributed by atoms with Gasteiger partial charge in [0, 0.05) is 11.3 Å². The van der Waals surface area contributed by atoms with Crippen LogP contribution < -0.4 is 0 Å². The Morgan fingerprint density at radius 3 is 2.19 bits per heavy atom. The van der Waals surface area contributed by atoms with Gasteiger partial charge in [0.05, 0.1) is 12.5 Å². The van der Waals surface area contributed by atoms with Crippen molar-refractivity contribution in [3.63, 3.8) is 0 Å². The third-order valence-corrected chi connectivity index (χ3v) is 12.8. The number of esters is 1. The van der Waals surface area contributed by atoms with Crippen LogP contribution in [0, 0.1) is 22.7 Å². The molecule has 0 aromatic carbocycles. The Morgan fingerprint density at radius 2 is 1.73 bits per heavy atom. The topological polar surface area (TPSA) is 52.6 Å². The van der Waals surface area contributed by atoms with Gasteiger partial charge in [-0.15, -0.1) is 0 Å². The lowest BCUT2D eigenvalue weighted by Crippen LogP contribution is -2.71. The quantitative estimate of drug-likeness (QED) is 0.525. The summed E-state index contributed by atoms with van der Waals surface area (Å²) in [6.45, 7) is 15.4. The van der Waals surface area contributed by atoms with Crippen molar-refractivity contribution in [1.29, 1.82) is 0 Å². The molecule has 3 aliphatic carbocycles. The van der Waals surface area contributed by atoms with Crippen molar-refractivity contribution in [2.45, 2.75) is 90.5 Å². The molecule has 148 valence electrons. The molecule has 3 aliphatic rings. The summed E-state index contributed by atoms with van der Waals surface area (Å²) < 4.78 is 11.9. The minimum absolute atomic E-state index is 0.0581. The molecule has 0 saturated heterocycles. The maximum Gasteiger partial charge on any atom is 0.311 e. The van der Waals surface area contributed by atoms with Crippen LogP contribution in [-0.4, -0.2) is 32.8 Å². The first-order valence-corrected chi connectivity index (χ1v) is 13.0. The summed E-state index contributed by atoms with van der Waals surface area (Å²) in [5.41, 5.74) is -1.24.